The quantitative estimate of drug-likeness (QED) is 0.749. The van der Waals surface area contributed by atoms with Crippen molar-refractivity contribution in [3.63, 3.8) is 0 Å². The van der Waals surface area contributed by atoms with Gasteiger partial charge < -0.3 is 15.5 Å². The summed E-state index contributed by atoms with van der Waals surface area (Å²) in [5.74, 6) is 2.58. The topological polar surface area (TPSA) is 57.3 Å². The molecule has 164 valence electrons. The van der Waals surface area contributed by atoms with Gasteiger partial charge in [-0.1, -0.05) is 25.1 Å². The minimum absolute atomic E-state index is 0.146. The number of amides is 1. The Morgan fingerprint density at radius 1 is 1.13 bits per heavy atom. The lowest BCUT2D eigenvalue weighted by Crippen LogP contribution is -2.51. The fraction of sp³-hybridized carbons (Fsp3) is 0.538. The van der Waals surface area contributed by atoms with Gasteiger partial charge in [0.15, 0.2) is 0 Å². The van der Waals surface area contributed by atoms with Crippen LogP contribution >= 0.6 is 0 Å². The van der Waals surface area contributed by atoms with Crippen molar-refractivity contribution in [3.05, 3.63) is 53.2 Å². The smallest absolute Gasteiger partial charge is 0.224 e. The molecular weight excluding hydrogens is 384 g/mol. The summed E-state index contributed by atoms with van der Waals surface area (Å²) >= 11 is 0. The molecule has 31 heavy (non-hydrogen) atoms. The van der Waals surface area contributed by atoms with E-state index in [1.54, 1.807) is 6.92 Å². The van der Waals surface area contributed by atoms with Crippen molar-refractivity contribution in [2.45, 2.75) is 64.5 Å². The lowest BCUT2D eigenvalue weighted by Gasteiger charge is -2.46. The number of nitrogens with one attached hydrogen (secondary N) is 2. The highest BCUT2D eigenvalue weighted by molar-refractivity contribution is 5.94. The Bertz CT molecular complexity index is 964. The number of hydrogen-bond acceptors (Lipinski definition) is 4. The van der Waals surface area contributed by atoms with Gasteiger partial charge in [0.25, 0.3) is 0 Å². The molecule has 0 spiro atoms. The van der Waals surface area contributed by atoms with Crippen molar-refractivity contribution < 1.29 is 4.79 Å². The second-order valence-corrected chi connectivity index (χ2v) is 9.70. The van der Waals surface area contributed by atoms with Gasteiger partial charge >= 0.3 is 0 Å². The summed E-state index contributed by atoms with van der Waals surface area (Å²) in [5, 5.41) is 7.24. The van der Waals surface area contributed by atoms with Gasteiger partial charge in [-0.2, -0.15) is 0 Å². The molecule has 5 rings (SSSR count). The van der Waals surface area contributed by atoms with Gasteiger partial charge in [-0.3, -0.25) is 4.79 Å². The molecular formula is C26H34N4O. The third-order valence-electron chi connectivity index (χ3n) is 7.46. The summed E-state index contributed by atoms with van der Waals surface area (Å²) in [6, 6.07) is 13.4. The summed E-state index contributed by atoms with van der Waals surface area (Å²) < 4.78 is 0. The summed E-state index contributed by atoms with van der Waals surface area (Å²) in [7, 11) is 0. The number of pyridine rings is 1. The molecule has 2 aromatic rings. The molecule has 0 radical (unpaired) electrons. The van der Waals surface area contributed by atoms with E-state index in [1.165, 1.54) is 36.8 Å². The van der Waals surface area contributed by atoms with Gasteiger partial charge in [0.1, 0.15) is 5.82 Å². The second-order valence-electron chi connectivity index (χ2n) is 9.70. The summed E-state index contributed by atoms with van der Waals surface area (Å²) in [6.45, 7) is 8.23. The average Bonchev–Trinajstić information content (AvgIpc) is 3.60. The zero-order chi connectivity index (χ0) is 21.5. The van der Waals surface area contributed by atoms with E-state index in [-0.39, 0.29) is 18.0 Å². The van der Waals surface area contributed by atoms with E-state index >= 15 is 0 Å². The molecule has 1 saturated heterocycles. The van der Waals surface area contributed by atoms with Gasteiger partial charge in [0.05, 0.1) is 6.04 Å². The third-order valence-corrected chi connectivity index (χ3v) is 7.46. The van der Waals surface area contributed by atoms with Crippen molar-refractivity contribution in [2.24, 2.45) is 11.8 Å². The number of piperidine rings is 1. The monoisotopic (exact) mass is 418 g/mol. The lowest BCUT2D eigenvalue weighted by atomic mass is 9.78. The maximum atomic E-state index is 12.8. The molecule has 5 heteroatoms. The Morgan fingerprint density at radius 2 is 1.90 bits per heavy atom. The third kappa shape index (κ3) is 3.96. The Labute approximate surface area is 185 Å². The van der Waals surface area contributed by atoms with Gasteiger partial charge in [-0.15, -0.1) is 0 Å². The van der Waals surface area contributed by atoms with Gasteiger partial charge in [-0.25, -0.2) is 4.98 Å². The van der Waals surface area contributed by atoms with Crippen LogP contribution in [0.15, 0.2) is 36.4 Å². The minimum Gasteiger partial charge on any atom is -0.363 e. The number of anilines is 2. The molecule has 1 aromatic carbocycles. The highest BCUT2D eigenvalue weighted by Gasteiger charge is 2.47. The zero-order valence-corrected chi connectivity index (χ0v) is 18.9. The molecule has 1 saturated carbocycles. The van der Waals surface area contributed by atoms with Crippen molar-refractivity contribution in [1.82, 2.24) is 10.3 Å². The fourth-order valence-corrected chi connectivity index (χ4v) is 5.78. The summed E-state index contributed by atoms with van der Waals surface area (Å²) in [4.78, 5) is 19.7. The lowest BCUT2D eigenvalue weighted by molar-refractivity contribution is -0.117. The normalized spacial score (nSPS) is 26.4. The molecule has 3 heterocycles. The molecule has 0 bridgehead atoms. The number of carbonyl (C=O) groups excluding carboxylic acids is 1. The SMILES string of the molecule is CC(=O)N1c2ccc(C3CCNCC3)cc2[C@H](Nc2cccc(C)n2)[C@@H](C)[C@@H]1C1CC1. The average molecular weight is 419 g/mol. The Kier molecular flexibility index (Phi) is 5.47. The predicted molar refractivity (Wildman–Crippen MR) is 125 cm³/mol. The van der Waals surface area contributed by atoms with Crippen molar-refractivity contribution in [1.29, 1.82) is 0 Å². The molecule has 2 N–H and O–H groups in total. The molecule has 1 amide bonds. The molecule has 1 aromatic heterocycles. The van der Waals surface area contributed by atoms with Crippen LogP contribution in [0.25, 0.3) is 0 Å². The van der Waals surface area contributed by atoms with E-state index in [4.69, 9.17) is 4.98 Å². The summed E-state index contributed by atoms with van der Waals surface area (Å²) in [6.07, 6.45) is 4.79. The van der Waals surface area contributed by atoms with Crippen LogP contribution in [0.2, 0.25) is 0 Å². The Morgan fingerprint density at radius 3 is 2.58 bits per heavy atom. The first-order valence-corrected chi connectivity index (χ1v) is 11.9. The maximum absolute atomic E-state index is 12.8. The standard InChI is InChI=1S/C26H34N4O/c1-16-5-4-6-24(28-16)29-25-17(2)26(20-7-8-20)30(18(3)31)23-10-9-21(15-22(23)25)19-11-13-27-14-12-19/h4-6,9-10,15,17,19-20,25-27H,7-8,11-14H2,1-3H3,(H,28,29)/t17-,25-,26-/m1/s1. The molecule has 2 aliphatic heterocycles. The van der Waals surface area contributed by atoms with E-state index in [0.29, 0.717) is 17.8 Å². The molecule has 5 nitrogen and oxygen atoms in total. The molecule has 3 aliphatic rings. The van der Waals surface area contributed by atoms with Crippen molar-refractivity contribution in [2.75, 3.05) is 23.3 Å². The molecule has 0 unspecified atom stereocenters. The van der Waals surface area contributed by atoms with Crippen LogP contribution in [0.3, 0.4) is 0 Å². The van der Waals surface area contributed by atoms with E-state index < -0.39 is 0 Å². The molecule has 1 aliphatic carbocycles. The first-order chi connectivity index (χ1) is 15.0. The van der Waals surface area contributed by atoms with Gasteiger partial charge in [-0.05, 0) is 86.9 Å². The second kappa shape index (κ2) is 8.27. The summed E-state index contributed by atoms with van der Waals surface area (Å²) in [5.41, 5.74) is 4.76. The zero-order valence-electron chi connectivity index (χ0n) is 18.9. The first kappa shape index (κ1) is 20.5. The van der Waals surface area contributed by atoms with Gasteiger partial charge in [0.2, 0.25) is 5.91 Å². The number of aromatic nitrogens is 1. The highest BCUT2D eigenvalue weighted by atomic mass is 16.2. The number of nitrogens with zero attached hydrogens (tertiary/aromatic N) is 2. The minimum atomic E-state index is 0.146. The number of hydrogen-bond donors (Lipinski definition) is 2. The first-order valence-electron chi connectivity index (χ1n) is 11.9. The van der Waals surface area contributed by atoms with Crippen molar-refractivity contribution >= 4 is 17.4 Å². The predicted octanol–water partition coefficient (Wildman–Crippen LogP) is 4.79. The van der Waals surface area contributed by atoms with Crippen LogP contribution in [0.5, 0.6) is 0 Å². The van der Waals surface area contributed by atoms with Crippen LogP contribution in [-0.2, 0) is 4.79 Å². The maximum Gasteiger partial charge on any atom is 0.224 e. The Balaban J connectivity index is 1.58. The molecule has 2 fully saturated rings. The number of benzene rings is 1. The van der Waals surface area contributed by atoms with Crippen molar-refractivity contribution in [3.8, 4) is 0 Å². The number of aryl methyl sites for hydroxylation is 1. The van der Waals surface area contributed by atoms with Crippen LogP contribution in [0.4, 0.5) is 11.5 Å². The van der Waals surface area contributed by atoms with Crippen LogP contribution < -0.4 is 15.5 Å². The largest absolute Gasteiger partial charge is 0.363 e. The van der Waals surface area contributed by atoms with E-state index in [0.717, 1.165) is 30.3 Å². The van der Waals surface area contributed by atoms with E-state index in [9.17, 15) is 4.79 Å². The van der Waals surface area contributed by atoms with Crippen LogP contribution in [-0.4, -0.2) is 30.0 Å². The van der Waals surface area contributed by atoms with E-state index in [1.807, 2.05) is 13.0 Å². The van der Waals surface area contributed by atoms with E-state index in [2.05, 4.69) is 52.8 Å². The van der Waals surface area contributed by atoms with Crippen LogP contribution in [0, 0.1) is 18.8 Å². The number of rotatable bonds is 4. The number of carbonyl (C=O) groups is 1. The van der Waals surface area contributed by atoms with Crippen LogP contribution in [0.1, 0.15) is 68.3 Å². The fourth-order valence-electron chi connectivity index (χ4n) is 5.78. The molecule has 3 atom stereocenters. The number of fused-ring (bicyclic) bond motifs is 1. The van der Waals surface area contributed by atoms with Gasteiger partial charge in [0, 0.05) is 30.3 Å². The highest BCUT2D eigenvalue weighted by Crippen LogP contribution is 2.50. The Hall–Kier alpha value is -2.40.